The number of aliphatic carboxylic acids is 1. The molecule has 0 radical (unpaired) electrons. The average molecular weight is 719 g/mol. The third-order valence-electron chi connectivity index (χ3n) is 9.75. The molecule has 0 aromatic heterocycles. The monoisotopic (exact) mass is 718 g/mol. The molecule has 266 valence electrons. The molecule has 2 atom stereocenters. The van der Waals surface area contributed by atoms with Crippen molar-refractivity contribution in [3.8, 4) is 16.9 Å². The minimum Gasteiger partial charge on any atom is -0.489 e. The van der Waals surface area contributed by atoms with Crippen molar-refractivity contribution in [2.75, 3.05) is 6.54 Å². The first-order chi connectivity index (χ1) is 24.5. The Balaban J connectivity index is 1.29. The highest BCUT2D eigenvalue weighted by Gasteiger charge is 2.38. The number of alkyl halides is 3. The first-order valence-electron chi connectivity index (χ1n) is 17.0. The lowest BCUT2D eigenvalue weighted by atomic mass is 9.90. The third kappa shape index (κ3) is 8.56. The van der Waals surface area contributed by atoms with Crippen LogP contribution in [0.15, 0.2) is 91.0 Å². The predicted molar refractivity (Wildman–Crippen MR) is 187 cm³/mol. The number of halogens is 4. The number of hydrogen-bond donors (Lipinski definition) is 2. The molecule has 7 nitrogen and oxygen atoms in total. The van der Waals surface area contributed by atoms with Gasteiger partial charge in [-0.15, -0.1) is 0 Å². The Morgan fingerprint density at radius 1 is 0.922 bits per heavy atom. The Hall–Kier alpha value is -4.83. The average Bonchev–Trinajstić information content (AvgIpc) is 3.63. The van der Waals surface area contributed by atoms with E-state index in [1.807, 2.05) is 42.5 Å². The van der Waals surface area contributed by atoms with Crippen molar-refractivity contribution in [3.05, 3.63) is 124 Å². The van der Waals surface area contributed by atoms with Crippen LogP contribution in [-0.4, -0.2) is 34.3 Å². The Morgan fingerprint density at radius 2 is 1.63 bits per heavy atom. The van der Waals surface area contributed by atoms with Gasteiger partial charge in [0.15, 0.2) is 0 Å². The van der Waals surface area contributed by atoms with Gasteiger partial charge in [-0.25, -0.2) is 0 Å². The molecule has 1 fully saturated rings. The number of benzene rings is 4. The van der Waals surface area contributed by atoms with Crippen LogP contribution in [0.1, 0.15) is 78.4 Å². The maximum Gasteiger partial charge on any atom is 0.417 e. The van der Waals surface area contributed by atoms with Crippen molar-refractivity contribution in [2.24, 2.45) is 5.92 Å². The van der Waals surface area contributed by atoms with E-state index in [4.69, 9.17) is 16.3 Å². The second-order valence-electron chi connectivity index (χ2n) is 13.2. The molecule has 1 heterocycles. The van der Waals surface area contributed by atoms with E-state index in [1.165, 1.54) is 12.1 Å². The van der Waals surface area contributed by atoms with Crippen molar-refractivity contribution in [1.82, 2.24) is 10.2 Å². The summed E-state index contributed by atoms with van der Waals surface area (Å²) in [7, 11) is 0. The predicted octanol–water partition coefficient (Wildman–Crippen LogP) is 8.94. The Morgan fingerprint density at radius 3 is 2.31 bits per heavy atom. The van der Waals surface area contributed by atoms with E-state index in [9.17, 15) is 32.7 Å². The molecule has 0 bridgehead atoms. The van der Waals surface area contributed by atoms with Crippen LogP contribution in [0.4, 0.5) is 13.2 Å². The van der Waals surface area contributed by atoms with Crippen LogP contribution in [0.5, 0.6) is 5.75 Å². The van der Waals surface area contributed by atoms with Gasteiger partial charge in [-0.3, -0.25) is 14.4 Å². The number of fused-ring (bicyclic) bond motifs is 1. The van der Waals surface area contributed by atoms with Crippen molar-refractivity contribution in [1.29, 1.82) is 0 Å². The van der Waals surface area contributed by atoms with E-state index in [1.54, 1.807) is 35.2 Å². The summed E-state index contributed by atoms with van der Waals surface area (Å²) in [5.41, 5.74) is 3.03. The molecule has 2 unspecified atom stereocenters. The second kappa shape index (κ2) is 15.6. The second-order valence-corrected chi connectivity index (χ2v) is 13.5. The van der Waals surface area contributed by atoms with Crippen LogP contribution in [-0.2, 0) is 33.6 Å². The smallest absolute Gasteiger partial charge is 0.417 e. The molecule has 1 saturated carbocycles. The van der Waals surface area contributed by atoms with E-state index < -0.39 is 40.7 Å². The molecule has 2 N–H and O–H groups in total. The van der Waals surface area contributed by atoms with E-state index in [0.717, 1.165) is 48.4 Å². The number of amides is 2. The molecule has 1 aliphatic carbocycles. The van der Waals surface area contributed by atoms with Gasteiger partial charge in [-0.05, 0) is 71.2 Å². The van der Waals surface area contributed by atoms with Gasteiger partial charge in [0.25, 0.3) is 0 Å². The van der Waals surface area contributed by atoms with E-state index in [0.29, 0.717) is 30.5 Å². The zero-order valence-electron chi connectivity index (χ0n) is 27.8. The summed E-state index contributed by atoms with van der Waals surface area (Å²) in [4.78, 5) is 41.8. The van der Waals surface area contributed by atoms with E-state index in [2.05, 4.69) is 5.32 Å². The number of ether oxygens (including phenoxy) is 1. The molecule has 2 amide bonds. The van der Waals surface area contributed by atoms with Gasteiger partial charge in [0.2, 0.25) is 11.8 Å². The van der Waals surface area contributed by atoms with Gasteiger partial charge in [0, 0.05) is 18.5 Å². The molecule has 6 rings (SSSR count). The van der Waals surface area contributed by atoms with Crippen LogP contribution in [0, 0.1) is 5.92 Å². The summed E-state index contributed by atoms with van der Waals surface area (Å²) >= 11 is 6.10. The molecular formula is C40H38ClF3N2O5. The quantitative estimate of drug-likeness (QED) is 0.162. The largest absolute Gasteiger partial charge is 0.489 e. The maximum atomic E-state index is 14.4. The molecule has 11 heteroatoms. The highest BCUT2D eigenvalue weighted by atomic mass is 35.5. The van der Waals surface area contributed by atoms with Gasteiger partial charge >= 0.3 is 12.1 Å². The number of rotatable bonds is 11. The summed E-state index contributed by atoms with van der Waals surface area (Å²) in [6, 6.07) is 23.8. The number of carbonyl (C=O) groups excluding carboxylic acids is 2. The van der Waals surface area contributed by atoms with Crippen molar-refractivity contribution in [3.63, 3.8) is 0 Å². The molecule has 0 saturated heterocycles. The Labute approximate surface area is 299 Å². The zero-order chi connectivity index (χ0) is 36.1. The topological polar surface area (TPSA) is 95.9 Å². The van der Waals surface area contributed by atoms with Crippen LogP contribution in [0.2, 0.25) is 5.02 Å². The Bertz CT molecular complexity index is 1880. The lowest BCUT2D eigenvalue weighted by Gasteiger charge is -2.38. The highest BCUT2D eigenvalue weighted by Crippen LogP contribution is 2.38. The summed E-state index contributed by atoms with van der Waals surface area (Å²) < 4.78 is 46.3. The maximum absolute atomic E-state index is 14.4. The Kier molecular flexibility index (Phi) is 11.0. The van der Waals surface area contributed by atoms with Crippen molar-refractivity contribution < 1.29 is 37.4 Å². The molecule has 51 heavy (non-hydrogen) atoms. The van der Waals surface area contributed by atoms with Gasteiger partial charge < -0.3 is 20.1 Å². The first-order valence-corrected chi connectivity index (χ1v) is 17.4. The fraction of sp³-hybridized carbons (Fsp3) is 0.325. The van der Waals surface area contributed by atoms with Crippen LogP contribution >= 0.6 is 11.6 Å². The van der Waals surface area contributed by atoms with E-state index in [-0.39, 0.29) is 36.2 Å². The fourth-order valence-electron chi connectivity index (χ4n) is 7.10. The number of carboxylic acid groups (broad SMARTS) is 1. The molecule has 0 spiro atoms. The number of nitrogens with zero attached hydrogens (tertiary/aromatic N) is 1. The van der Waals surface area contributed by atoms with Crippen LogP contribution < -0.4 is 10.1 Å². The SMILES string of the molecule is O=C(O)CC(NC(=O)C1c2cc(OCc3cccc(C(F)(F)F)c3Cl)ccc2CCN1C(=O)CC1CCCC1)c1ccc(-c2ccccc2)cc1. The fourth-order valence-corrected chi connectivity index (χ4v) is 7.39. The van der Waals surface area contributed by atoms with Crippen molar-refractivity contribution >= 4 is 29.4 Å². The van der Waals surface area contributed by atoms with Crippen molar-refractivity contribution in [2.45, 2.75) is 69.8 Å². The lowest BCUT2D eigenvalue weighted by molar-refractivity contribution is -0.143. The van der Waals surface area contributed by atoms with Gasteiger partial charge in [0.05, 0.1) is 23.0 Å². The zero-order valence-corrected chi connectivity index (χ0v) is 28.6. The molecular weight excluding hydrogens is 681 g/mol. The van der Waals surface area contributed by atoms with Gasteiger partial charge in [-0.1, -0.05) is 97.2 Å². The normalized spacial score (nSPS) is 16.7. The van der Waals surface area contributed by atoms with Crippen LogP contribution in [0.3, 0.4) is 0 Å². The number of nitrogens with one attached hydrogen (secondary N) is 1. The standard InChI is InChI=1S/C40H38ClF3N2O5/c41-37-30(11-6-12-33(37)40(42,43)44)24-51-31-18-17-28-19-20-46(35(47)21-25-7-4-5-8-25)38(32(28)22-31)39(50)45-34(23-36(48)49)29-15-13-27(14-16-29)26-9-2-1-3-10-26/h1-3,6,9-18,22,25,34,38H,4-5,7-8,19-21,23-24H2,(H,45,50)(H,48,49). The minimum absolute atomic E-state index is 0.140. The van der Waals surface area contributed by atoms with E-state index >= 15 is 0 Å². The molecule has 4 aromatic carbocycles. The molecule has 4 aromatic rings. The van der Waals surface area contributed by atoms with Gasteiger partial charge in [-0.2, -0.15) is 13.2 Å². The number of carboxylic acids is 1. The first kappa shape index (κ1) is 36.0. The highest BCUT2D eigenvalue weighted by molar-refractivity contribution is 6.32. The van der Waals surface area contributed by atoms with Crippen LogP contribution in [0.25, 0.3) is 11.1 Å². The lowest BCUT2D eigenvalue weighted by Crippen LogP contribution is -2.48. The summed E-state index contributed by atoms with van der Waals surface area (Å²) in [5, 5.41) is 12.3. The van der Waals surface area contributed by atoms with Gasteiger partial charge in [0.1, 0.15) is 18.4 Å². The summed E-state index contributed by atoms with van der Waals surface area (Å²) in [5.74, 6) is -1.28. The molecule has 1 aliphatic heterocycles. The summed E-state index contributed by atoms with van der Waals surface area (Å²) in [6.07, 6.45) is -0.213. The minimum atomic E-state index is -4.63. The number of hydrogen-bond acceptors (Lipinski definition) is 4. The third-order valence-corrected chi connectivity index (χ3v) is 10.2. The number of carbonyl (C=O) groups is 3. The molecule has 2 aliphatic rings. The summed E-state index contributed by atoms with van der Waals surface area (Å²) in [6.45, 7) is 0.0362.